The fourth-order valence-corrected chi connectivity index (χ4v) is 5.73. The van der Waals surface area contributed by atoms with Crippen LogP contribution in [0.15, 0.2) is 34.9 Å². The van der Waals surface area contributed by atoms with Crippen LogP contribution in [0.2, 0.25) is 0 Å². The van der Waals surface area contributed by atoms with Crippen molar-refractivity contribution >= 4 is 16.2 Å². The summed E-state index contributed by atoms with van der Waals surface area (Å²) in [7, 11) is -3.10. The van der Waals surface area contributed by atoms with Gasteiger partial charge in [-0.3, -0.25) is 4.55 Å². The van der Waals surface area contributed by atoms with Gasteiger partial charge in [-0.25, -0.2) is 0 Å². The van der Waals surface area contributed by atoms with Crippen LogP contribution in [0.1, 0.15) is 62.5 Å². The molecule has 29 heavy (non-hydrogen) atoms. The minimum absolute atomic E-state index is 0.0351. The van der Waals surface area contributed by atoms with Crippen molar-refractivity contribution in [3.63, 3.8) is 0 Å². The van der Waals surface area contributed by atoms with Gasteiger partial charge >= 0.3 is 10.4 Å². The zero-order valence-corrected chi connectivity index (χ0v) is 17.3. The van der Waals surface area contributed by atoms with Crippen molar-refractivity contribution in [2.75, 3.05) is 7.11 Å². The minimum Gasteiger partial charge on any atom is -0.496 e. The Morgan fingerprint density at radius 1 is 1.21 bits per heavy atom. The molecule has 0 aliphatic heterocycles. The topological polar surface area (TPSA) is 96.6 Å². The Morgan fingerprint density at radius 2 is 2.00 bits per heavy atom. The number of nitrogens with zero attached hydrogens (tertiary/aromatic N) is 1. The largest absolute Gasteiger partial charge is 0.496 e. The first-order valence-electron chi connectivity index (χ1n) is 10.1. The number of hydrogen-bond donors (Lipinski definition) is 1. The number of hydrogen-bond acceptors (Lipinski definition) is 5. The van der Waals surface area contributed by atoms with E-state index >= 15 is 0 Å². The molecule has 1 saturated carbocycles. The van der Waals surface area contributed by atoms with Crippen LogP contribution in [0.3, 0.4) is 0 Å². The number of ether oxygens (including phenoxy) is 1. The maximum atomic E-state index is 11.2. The number of methoxy groups -OCH3 is 1. The van der Waals surface area contributed by atoms with Gasteiger partial charge in [-0.2, -0.15) is 13.7 Å². The highest BCUT2D eigenvalue weighted by Crippen LogP contribution is 2.53. The van der Waals surface area contributed by atoms with E-state index in [1.165, 1.54) is 43.4 Å². The number of fused-ring (bicyclic) bond motifs is 3. The van der Waals surface area contributed by atoms with E-state index in [9.17, 15) is 13.7 Å². The second-order valence-corrected chi connectivity index (χ2v) is 9.06. The van der Waals surface area contributed by atoms with Gasteiger partial charge in [0, 0.05) is 11.5 Å². The number of rotatable bonds is 4. The van der Waals surface area contributed by atoms with Crippen molar-refractivity contribution < 1.29 is 21.9 Å². The van der Waals surface area contributed by atoms with Crippen LogP contribution in [0.5, 0.6) is 5.75 Å². The molecule has 0 radical (unpaired) electrons. The Bertz CT molecular complexity index is 1030. The quantitative estimate of drug-likeness (QED) is 0.431. The van der Waals surface area contributed by atoms with E-state index in [0.29, 0.717) is 17.4 Å². The van der Waals surface area contributed by atoms with Crippen LogP contribution in [-0.4, -0.2) is 20.1 Å². The molecular formula is C22H25NO5S. The molecular weight excluding hydrogens is 390 g/mol. The Kier molecular flexibility index (Phi) is 5.41. The molecule has 154 valence electrons. The lowest BCUT2D eigenvalue weighted by molar-refractivity contribution is 0.311. The van der Waals surface area contributed by atoms with Crippen molar-refractivity contribution in [2.45, 2.75) is 51.4 Å². The van der Waals surface area contributed by atoms with Crippen LogP contribution in [-0.2, 0) is 15.1 Å². The van der Waals surface area contributed by atoms with E-state index in [1.807, 2.05) is 6.07 Å². The standard InChI is InChI=1S/C22H25NO5S/c1-27-22(16-9-10-17(13-23)20(12-16)28-29(24,25)26)21-15-6-4-8-19(21)18-7-3-2-5-14(18)11-15/h9-10,12,15,19H,2-8,11H2,1H3,(H,24,25,26). The molecule has 0 spiro atoms. The summed E-state index contributed by atoms with van der Waals surface area (Å²) in [6.45, 7) is 0. The lowest BCUT2D eigenvalue weighted by Gasteiger charge is -2.43. The highest BCUT2D eigenvalue weighted by molar-refractivity contribution is 7.81. The SMILES string of the molecule is COC(=C1C2CCCC1C1=C(CCCC1)C2)c1ccc(C#N)c(OS(=O)(=O)O)c1. The predicted molar refractivity (Wildman–Crippen MR) is 108 cm³/mol. The van der Waals surface area contributed by atoms with Crippen LogP contribution in [0.4, 0.5) is 0 Å². The first-order chi connectivity index (χ1) is 13.9. The smallest absolute Gasteiger partial charge is 0.446 e. The maximum absolute atomic E-state index is 11.2. The first kappa shape index (κ1) is 20.0. The molecule has 2 unspecified atom stereocenters. The Hall–Kier alpha value is -2.30. The summed E-state index contributed by atoms with van der Waals surface area (Å²) in [6.07, 6.45) is 9.40. The molecule has 0 amide bonds. The summed E-state index contributed by atoms with van der Waals surface area (Å²) < 4.78 is 42.0. The molecule has 4 rings (SSSR count). The number of benzene rings is 1. The zero-order chi connectivity index (χ0) is 20.6. The zero-order valence-electron chi connectivity index (χ0n) is 16.5. The van der Waals surface area contributed by atoms with Gasteiger partial charge < -0.3 is 8.92 Å². The normalized spacial score (nSPS) is 25.7. The molecule has 3 aliphatic carbocycles. The summed E-state index contributed by atoms with van der Waals surface area (Å²) in [5.74, 6) is 1.36. The van der Waals surface area contributed by atoms with Gasteiger partial charge in [0.15, 0.2) is 5.75 Å². The monoisotopic (exact) mass is 415 g/mol. The van der Waals surface area contributed by atoms with E-state index < -0.39 is 10.4 Å². The predicted octanol–water partition coefficient (Wildman–Crippen LogP) is 4.79. The highest BCUT2D eigenvalue weighted by atomic mass is 32.3. The van der Waals surface area contributed by atoms with Gasteiger partial charge in [-0.1, -0.05) is 17.6 Å². The summed E-state index contributed by atoms with van der Waals surface area (Å²) in [5.41, 5.74) is 5.21. The molecule has 6 nitrogen and oxygen atoms in total. The van der Waals surface area contributed by atoms with E-state index in [-0.39, 0.29) is 11.3 Å². The molecule has 2 bridgehead atoms. The van der Waals surface area contributed by atoms with Crippen molar-refractivity contribution in [3.8, 4) is 11.8 Å². The molecule has 1 N–H and O–H groups in total. The lowest BCUT2D eigenvalue weighted by atomic mass is 9.62. The molecule has 1 aromatic carbocycles. The first-order valence-corrected chi connectivity index (χ1v) is 11.5. The van der Waals surface area contributed by atoms with E-state index in [0.717, 1.165) is 31.4 Å². The number of allylic oxidation sites excluding steroid dienone is 3. The van der Waals surface area contributed by atoms with Gasteiger partial charge in [0.2, 0.25) is 0 Å². The third-order valence-electron chi connectivity index (χ3n) is 6.43. The fourth-order valence-electron chi connectivity index (χ4n) is 5.36. The molecule has 2 atom stereocenters. The molecule has 0 aromatic heterocycles. The van der Waals surface area contributed by atoms with Crippen molar-refractivity contribution in [3.05, 3.63) is 46.0 Å². The summed E-state index contributed by atoms with van der Waals surface area (Å²) in [4.78, 5) is 0. The maximum Gasteiger partial charge on any atom is 0.446 e. The van der Waals surface area contributed by atoms with E-state index in [4.69, 9.17) is 9.29 Å². The second-order valence-electron chi connectivity index (χ2n) is 8.04. The summed E-state index contributed by atoms with van der Waals surface area (Å²) in [6, 6.07) is 6.62. The molecule has 1 aromatic rings. The average Bonchev–Trinajstić information content (AvgIpc) is 2.68. The summed E-state index contributed by atoms with van der Waals surface area (Å²) in [5, 5.41) is 9.26. The highest BCUT2D eigenvalue weighted by Gasteiger charge is 2.39. The third-order valence-corrected chi connectivity index (χ3v) is 6.82. The van der Waals surface area contributed by atoms with E-state index in [2.05, 4.69) is 4.18 Å². The van der Waals surface area contributed by atoms with Gasteiger partial charge in [0.05, 0.1) is 12.7 Å². The van der Waals surface area contributed by atoms with Gasteiger partial charge in [0.1, 0.15) is 11.8 Å². The van der Waals surface area contributed by atoms with Crippen LogP contribution in [0, 0.1) is 23.2 Å². The second kappa shape index (κ2) is 7.85. The molecule has 3 aliphatic rings. The van der Waals surface area contributed by atoms with Crippen molar-refractivity contribution in [1.29, 1.82) is 5.26 Å². The van der Waals surface area contributed by atoms with Gasteiger partial charge in [0.25, 0.3) is 0 Å². The molecule has 1 fully saturated rings. The van der Waals surface area contributed by atoms with E-state index in [1.54, 1.807) is 24.3 Å². The Labute approximate surface area is 171 Å². The third kappa shape index (κ3) is 3.92. The van der Waals surface area contributed by atoms with Crippen molar-refractivity contribution in [1.82, 2.24) is 0 Å². The van der Waals surface area contributed by atoms with Crippen molar-refractivity contribution in [2.24, 2.45) is 11.8 Å². The summed E-state index contributed by atoms with van der Waals surface area (Å²) >= 11 is 0. The molecule has 0 saturated heterocycles. The number of nitriles is 1. The average molecular weight is 416 g/mol. The molecule has 0 heterocycles. The fraction of sp³-hybridized carbons (Fsp3) is 0.500. The van der Waals surface area contributed by atoms with Crippen LogP contribution < -0.4 is 4.18 Å². The van der Waals surface area contributed by atoms with Crippen LogP contribution >= 0.6 is 0 Å². The Morgan fingerprint density at radius 3 is 2.72 bits per heavy atom. The lowest BCUT2D eigenvalue weighted by Crippen LogP contribution is -2.30. The van der Waals surface area contributed by atoms with Crippen LogP contribution in [0.25, 0.3) is 5.76 Å². The van der Waals surface area contributed by atoms with Gasteiger partial charge in [-0.15, -0.1) is 0 Å². The Balaban J connectivity index is 1.83. The minimum atomic E-state index is -4.73. The molecule has 7 heteroatoms. The van der Waals surface area contributed by atoms with Gasteiger partial charge in [-0.05, 0) is 74.6 Å².